The molecule has 0 bridgehead atoms. The van der Waals surface area contributed by atoms with Crippen LogP contribution in [0.3, 0.4) is 0 Å². The van der Waals surface area contributed by atoms with Gasteiger partial charge in [0.05, 0.1) is 25.8 Å². The summed E-state index contributed by atoms with van der Waals surface area (Å²) in [7, 11) is 2.28. The SMILES string of the molecule is CC(C)(C)c1ccc(-n2nc(C[N+]3(C)CCCC3)nc2-c2cccc([O-])c2)cc1. The van der Waals surface area contributed by atoms with Crippen LogP contribution in [0.2, 0.25) is 0 Å². The molecule has 1 aliphatic rings. The number of likely N-dealkylation sites (tertiary alicyclic amines) is 1. The lowest BCUT2D eigenvalue weighted by atomic mass is 9.87. The van der Waals surface area contributed by atoms with Crippen LogP contribution < -0.4 is 5.11 Å². The Balaban J connectivity index is 1.76. The fourth-order valence-corrected chi connectivity index (χ4v) is 4.12. The van der Waals surface area contributed by atoms with Crippen molar-refractivity contribution in [3.8, 4) is 22.8 Å². The highest BCUT2D eigenvalue weighted by molar-refractivity contribution is 5.60. The highest BCUT2D eigenvalue weighted by Gasteiger charge is 2.29. The molecule has 152 valence electrons. The summed E-state index contributed by atoms with van der Waals surface area (Å²) in [6.45, 7) is 9.78. The number of nitrogens with zero attached hydrogens (tertiary/aromatic N) is 4. The predicted octanol–water partition coefficient (Wildman–Crippen LogP) is 4.05. The minimum absolute atomic E-state index is 0.0137. The van der Waals surface area contributed by atoms with E-state index in [0.717, 1.165) is 33.9 Å². The minimum atomic E-state index is -0.0137. The second-order valence-electron chi connectivity index (χ2n) is 9.52. The Kier molecular flexibility index (Phi) is 4.95. The summed E-state index contributed by atoms with van der Waals surface area (Å²) in [4.78, 5) is 4.88. The lowest BCUT2D eigenvalue weighted by molar-refractivity contribution is -0.911. The first-order valence-electron chi connectivity index (χ1n) is 10.4. The van der Waals surface area contributed by atoms with E-state index in [0.29, 0.717) is 0 Å². The molecular formula is C24H30N4O. The van der Waals surface area contributed by atoms with Gasteiger partial charge in [-0.1, -0.05) is 57.2 Å². The molecule has 3 aromatic rings. The number of hydrogen-bond donors (Lipinski definition) is 0. The summed E-state index contributed by atoms with van der Waals surface area (Å²) in [6.07, 6.45) is 2.52. The van der Waals surface area contributed by atoms with E-state index in [9.17, 15) is 5.11 Å². The van der Waals surface area contributed by atoms with E-state index in [4.69, 9.17) is 10.1 Å². The fraction of sp³-hybridized carbons (Fsp3) is 0.417. The number of quaternary nitrogens is 1. The van der Waals surface area contributed by atoms with Crippen molar-refractivity contribution in [2.24, 2.45) is 0 Å². The smallest absolute Gasteiger partial charge is 0.206 e. The number of rotatable bonds is 4. The molecule has 1 fully saturated rings. The lowest BCUT2D eigenvalue weighted by Gasteiger charge is -2.27. The molecule has 0 atom stereocenters. The molecule has 1 aliphatic heterocycles. The third-order valence-electron chi connectivity index (χ3n) is 5.89. The Bertz CT molecular complexity index is 992. The molecule has 5 nitrogen and oxygen atoms in total. The van der Waals surface area contributed by atoms with Gasteiger partial charge in [0.25, 0.3) is 0 Å². The Labute approximate surface area is 173 Å². The number of aromatic nitrogens is 3. The molecule has 29 heavy (non-hydrogen) atoms. The van der Waals surface area contributed by atoms with Crippen LogP contribution in [0.5, 0.6) is 5.75 Å². The quantitative estimate of drug-likeness (QED) is 0.632. The standard InChI is InChI=1S/C24H30N4O/c1-24(2,3)19-10-12-20(13-11-19)27-23(18-8-7-9-21(29)16-18)25-22(26-27)17-28(4)14-5-6-15-28/h7-13,16H,5-6,14-15,17H2,1-4H3. The topological polar surface area (TPSA) is 53.8 Å². The van der Waals surface area contributed by atoms with Gasteiger partial charge in [0, 0.05) is 18.4 Å². The van der Waals surface area contributed by atoms with Crippen molar-refractivity contribution in [3.05, 3.63) is 59.9 Å². The molecule has 0 spiro atoms. The average Bonchev–Trinajstić information content (AvgIpc) is 3.28. The van der Waals surface area contributed by atoms with Crippen molar-refractivity contribution in [1.29, 1.82) is 0 Å². The van der Waals surface area contributed by atoms with E-state index in [-0.39, 0.29) is 11.2 Å². The highest BCUT2D eigenvalue weighted by Crippen LogP contribution is 2.28. The number of hydrogen-bond acceptors (Lipinski definition) is 3. The van der Waals surface area contributed by atoms with Gasteiger partial charge in [-0.2, -0.15) is 0 Å². The Morgan fingerprint density at radius 3 is 2.34 bits per heavy atom. The van der Waals surface area contributed by atoms with Gasteiger partial charge in [-0.25, -0.2) is 9.67 Å². The first-order chi connectivity index (χ1) is 13.7. The van der Waals surface area contributed by atoms with Crippen molar-refractivity contribution >= 4 is 0 Å². The Morgan fingerprint density at radius 1 is 1.03 bits per heavy atom. The monoisotopic (exact) mass is 390 g/mol. The zero-order valence-corrected chi connectivity index (χ0v) is 17.9. The summed E-state index contributed by atoms with van der Waals surface area (Å²) < 4.78 is 2.87. The summed E-state index contributed by atoms with van der Waals surface area (Å²) in [5.41, 5.74) is 3.15. The number of benzene rings is 2. The molecule has 1 saturated heterocycles. The largest absolute Gasteiger partial charge is 0.872 e. The van der Waals surface area contributed by atoms with Crippen molar-refractivity contribution in [1.82, 2.24) is 14.8 Å². The third kappa shape index (κ3) is 4.20. The summed E-state index contributed by atoms with van der Waals surface area (Å²) in [6, 6.07) is 15.4. The molecule has 5 heteroatoms. The summed E-state index contributed by atoms with van der Waals surface area (Å²) in [5.74, 6) is 1.55. The zero-order valence-electron chi connectivity index (χ0n) is 17.9. The molecule has 0 N–H and O–H groups in total. The van der Waals surface area contributed by atoms with Gasteiger partial charge < -0.3 is 9.59 Å². The highest BCUT2D eigenvalue weighted by atomic mass is 16.3. The van der Waals surface area contributed by atoms with Crippen molar-refractivity contribution in [2.45, 2.75) is 45.6 Å². The van der Waals surface area contributed by atoms with Crippen LogP contribution in [-0.2, 0) is 12.0 Å². The zero-order chi connectivity index (χ0) is 20.6. The van der Waals surface area contributed by atoms with Gasteiger partial charge in [0.15, 0.2) is 5.82 Å². The fourth-order valence-electron chi connectivity index (χ4n) is 4.12. The van der Waals surface area contributed by atoms with E-state index < -0.39 is 0 Å². The van der Waals surface area contributed by atoms with Gasteiger partial charge in [-0.05, 0) is 23.1 Å². The van der Waals surface area contributed by atoms with Gasteiger partial charge in [0.2, 0.25) is 5.82 Å². The molecule has 1 aromatic heterocycles. The summed E-state index contributed by atoms with van der Waals surface area (Å²) in [5, 5.41) is 16.8. The van der Waals surface area contributed by atoms with Crippen LogP contribution in [0.1, 0.15) is 45.0 Å². The summed E-state index contributed by atoms with van der Waals surface area (Å²) >= 11 is 0. The molecule has 2 aromatic carbocycles. The molecule has 0 saturated carbocycles. The maximum atomic E-state index is 11.9. The third-order valence-corrected chi connectivity index (χ3v) is 5.89. The van der Waals surface area contributed by atoms with Crippen molar-refractivity contribution in [3.63, 3.8) is 0 Å². The van der Waals surface area contributed by atoms with E-state index in [1.807, 2.05) is 10.7 Å². The maximum Gasteiger partial charge on any atom is 0.206 e. The first-order valence-corrected chi connectivity index (χ1v) is 10.4. The average molecular weight is 391 g/mol. The molecule has 2 heterocycles. The van der Waals surface area contributed by atoms with E-state index in [1.165, 1.54) is 31.5 Å². The van der Waals surface area contributed by atoms with Crippen LogP contribution >= 0.6 is 0 Å². The van der Waals surface area contributed by atoms with Crippen LogP contribution in [0.4, 0.5) is 0 Å². The minimum Gasteiger partial charge on any atom is -0.872 e. The van der Waals surface area contributed by atoms with Gasteiger partial charge in [-0.15, -0.1) is 10.8 Å². The second-order valence-corrected chi connectivity index (χ2v) is 9.52. The molecule has 0 aliphatic carbocycles. The van der Waals surface area contributed by atoms with Crippen LogP contribution in [0.25, 0.3) is 17.1 Å². The molecule has 4 rings (SSSR count). The second kappa shape index (κ2) is 7.30. The lowest BCUT2D eigenvalue weighted by Crippen LogP contribution is -2.40. The molecule has 0 unspecified atom stereocenters. The predicted molar refractivity (Wildman–Crippen MR) is 114 cm³/mol. The van der Waals surface area contributed by atoms with Crippen LogP contribution in [0.15, 0.2) is 48.5 Å². The van der Waals surface area contributed by atoms with Crippen molar-refractivity contribution in [2.75, 3.05) is 20.1 Å². The van der Waals surface area contributed by atoms with Gasteiger partial charge in [0.1, 0.15) is 6.54 Å². The van der Waals surface area contributed by atoms with Gasteiger partial charge in [-0.3, -0.25) is 0 Å². The van der Waals surface area contributed by atoms with E-state index >= 15 is 0 Å². The van der Waals surface area contributed by atoms with E-state index in [1.54, 1.807) is 18.2 Å². The van der Waals surface area contributed by atoms with Crippen LogP contribution in [-0.4, -0.2) is 39.4 Å². The van der Waals surface area contributed by atoms with Crippen LogP contribution in [0, 0.1) is 0 Å². The van der Waals surface area contributed by atoms with Gasteiger partial charge >= 0.3 is 0 Å². The first kappa shape index (κ1) is 19.6. The normalized spacial score (nSPS) is 16.3. The Hall–Kier alpha value is -2.66. The molecule has 0 radical (unpaired) electrons. The van der Waals surface area contributed by atoms with E-state index in [2.05, 4.69) is 52.1 Å². The van der Waals surface area contributed by atoms with Crippen molar-refractivity contribution < 1.29 is 9.59 Å². The molecule has 0 amide bonds. The Morgan fingerprint density at radius 2 is 1.72 bits per heavy atom. The maximum absolute atomic E-state index is 11.9. The molecular weight excluding hydrogens is 360 g/mol.